The molecule has 2 saturated heterocycles. The van der Waals surface area contributed by atoms with Gasteiger partial charge in [0, 0.05) is 26.2 Å². The Labute approximate surface area is 205 Å². The summed E-state index contributed by atoms with van der Waals surface area (Å²) in [5, 5.41) is 3.33. The number of nitrogens with zero attached hydrogens (tertiary/aromatic N) is 3. The average molecular weight is 563 g/mol. The molecular formula is C23H39IN4O2S. The van der Waals surface area contributed by atoms with Gasteiger partial charge in [-0.25, -0.2) is 13.4 Å². The summed E-state index contributed by atoms with van der Waals surface area (Å²) < 4.78 is 23.9. The van der Waals surface area contributed by atoms with Gasteiger partial charge in [0.15, 0.2) is 15.8 Å². The third kappa shape index (κ3) is 7.05. The number of halogens is 1. The quantitative estimate of drug-likeness (QED) is 0.338. The lowest BCUT2D eigenvalue weighted by Gasteiger charge is -2.39. The molecule has 2 fully saturated rings. The number of hydrogen-bond acceptors (Lipinski definition) is 4. The van der Waals surface area contributed by atoms with E-state index in [2.05, 4.69) is 46.3 Å². The minimum atomic E-state index is -3.06. The molecule has 8 heteroatoms. The van der Waals surface area contributed by atoms with Crippen molar-refractivity contribution in [1.82, 2.24) is 15.1 Å². The Kier molecular flexibility index (Phi) is 9.63. The van der Waals surface area contributed by atoms with E-state index in [1.165, 1.54) is 37.1 Å². The molecule has 176 valence electrons. The van der Waals surface area contributed by atoms with Crippen LogP contribution in [0.2, 0.25) is 0 Å². The van der Waals surface area contributed by atoms with Crippen molar-refractivity contribution in [2.75, 3.05) is 38.5 Å². The summed E-state index contributed by atoms with van der Waals surface area (Å²) in [6, 6.07) is 8.76. The third-order valence-corrected chi connectivity index (χ3v) is 8.93. The molecule has 0 aromatic heterocycles. The fraction of sp³-hybridized carbons (Fsp3) is 0.696. The maximum absolute atomic E-state index is 12.3. The molecule has 2 heterocycles. The van der Waals surface area contributed by atoms with Crippen LogP contribution in [-0.4, -0.2) is 67.4 Å². The van der Waals surface area contributed by atoms with E-state index in [9.17, 15) is 8.42 Å². The van der Waals surface area contributed by atoms with E-state index in [0.717, 1.165) is 25.0 Å². The summed E-state index contributed by atoms with van der Waals surface area (Å²) in [5.41, 5.74) is 2.53. The SMILES string of the molecule is CCNC(=NCc1ccc(CN2CCC(C)CC2)cc1)N1CCS(=O)(=O)C(C)(C)C1.I. The van der Waals surface area contributed by atoms with Crippen molar-refractivity contribution in [2.24, 2.45) is 10.9 Å². The molecule has 1 aromatic rings. The highest BCUT2D eigenvalue weighted by Crippen LogP contribution is 2.24. The van der Waals surface area contributed by atoms with Crippen molar-refractivity contribution in [2.45, 2.75) is 58.4 Å². The molecule has 0 spiro atoms. The summed E-state index contributed by atoms with van der Waals surface area (Å²) in [7, 11) is -3.06. The predicted octanol–water partition coefficient (Wildman–Crippen LogP) is 3.51. The van der Waals surface area contributed by atoms with Gasteiger partial charge in [0.2, 0.25) is 0 Å². The topological polar surface area (TPSA) is 65.0 Å². The second-order valence-electron chi connectivity index (χ2n) is 9.45. The predicted molar refractivity (Wildman–Crippen MR) is 140 cm³/mol. The normalized spacial score (nSPS) is 22.1. The Hall–Kier alpha value is -0.870. The van der Waals surface area contributed by atoms with Crippen LogP contribution >= 0.6 is 24.0 Å². The zero-order valence-corrected chi connectivity index (χ0v) is 22.6. The van der Waals surface area contributed by atoms with E-state index in [-0.39, 0.29) is 29.7 Å². The van der Waals surface area contributed by atoms with Gasteiger partial charge >= 0.3 is 0 Å². The van der Waals surface area contributed by atoms with Gasteiger partial charge in [-0.15, -0.1) is 24.0 Å². The van der Waals surface area contributed by atoms with Crippen molar-refractivity contribution in [3.05, 3.63) is 35.4 Å². The molecule has 2 aliphatic rings. The molecule has 2 aliphatic heterocycles. The molecule has 31 heavy (non-hydrogen) atoms. The monoisotopic (exact) mass is 562 g/mol. The lowest BCUT2D eigenvalue weighted by Crippen LogP contribution is -2.57. The lowest BCUT2D eigenvalue weighted by atomic mass is 9.99. The van der Waals surface area contributed by atoms with Gasteiger partial charge in [-0.1, -0.05) is 31.2 Å². The largest absolute Gasteiger partial charge is 0.357 e. The van der Waals surface area contributed by atoms with Crippen LogP contribution in [0, 0.1) is 5.92 Å². The molecule has 0 atom stereocenters. The Morgan fingerprint density at radius 2 is 1.74 bits per heavy atom. The molecule has 1 aromatic carbocycles. The van der Waals surface area contributed by atoms with Gasteiger partial charge < -0.3 is 10.2 Å². The summed E-state index contributed by atoms with van der Waals surface area (Å²) in [6.07, 6.45) is 2.60. The van der Waals surface area contributed by atoms with E-state index in [0.29, 0.717) is 19.6 Å². The van der Waals surface area contributed by atoms with Crippen molar-refractivity contribution >= 4 is 39.8 Å². The van der Waals surface area contributed by atoms with Crippen LogP contribution in [0.5, 0.6) is 0 Å². The van der Waals surface area contributed by atoms with Crippen molar-refractivity contribution < 1.29 is 8.42 Å². The van der Waals surface area contributed by atoms with E-state index < -0.39 is 14.6 Å². The summed E-state index contributed by atoms with van der Waals surface area (Å²) in [5.74, 6) is 1.83. The number of piperidine rings is 1. The first-order valence-electron chi connectivity index (χ1n) is 11.3. The third-order valence-electron chi connectivity index (χ3n) is 6.39. The molecule has 0 aliphatic carbocycles. The fourth-order valence-electron chi connectivity index (χ4n) is 4.14. The number of likely N-dealkylation sites (tertiary alicyclic amines) is 1. The molecule has 0 radical (unpaired) electrons. The lowest BCUT2D eigenvalue weighted by molar-refractivity contribution is 0.185. The number of benzene rings is 1. The zero-order chi connectivity index (χ0) is 21.8. The minimum absolute atomic E-state index is 0. The molecular weight excluding hydrogens is 523 g/mol. The Morgan fingerprint density at radius 3 is 2.32 bits per heavy atom. The van der Waals surface area contributed by atoms with E-state index >= 15 is 0 Å². The summed E-state index contributed by atoms with van der Waals surface area (Å²) in [6.45, 7) is 13.7. The minimum Gasteiger partial charge on any atom is -0.357 e. The number of nitrogens with one attached hydrogen (secondary N) is 1. The molecule has 0 amide bonds. The Balaban J connectivity index is 0.00000341. The van der Waals surface area contributed by atoms with Crippen LogP contribution in [0.15, 0.2) is 29.3 Å². The van der Waals surface area contributed by atoms with Gasteiger partial charge in [-0.2, -0.15) is 0 Å². The van der Waals surface area contributed by atoms with Gasteiger partial charge in [0.25, 0.3) is 0 Å². The van der Waals surface area contributed by atoms with Crippen LogP contribution < -0.4 is 5.32 Å². The molecule has 0 saturated carbocycles. The first-order chi connectivity index (χ1) is 14.2. The highest BCUT2D eigenvalue weighted by Gasteiger charge is 2.40. The number of guanidine groups is 1. The number of aliphatic imine (C=N–C) groups is 1. The summed E-state index contributed by atoms with van der Waals surface area (Å²) >= 11 is 0. The second-order valence-corrected chi connectivity index (χ2v) is 12.2. The van der Waals surface area contributed by atoms with Gasteiger partial charge in [0.1, 0.15) is 0 Å². The molecule has 6 nitrogen and oxygen atoms in total. The van der Waals surface area contributed by atoms with Gasteiger partial charge in [-0.3, -0.25) is 4.90 Å². The number of rotatable bonds is 5. The van der Waals surface area contributed by atoms with Crippen LogP contribution in [0.4, 0.5) is 0 Å². The molecule has 0 unspecified atom stereocenters. The van der Waals surface area contributed by atoms with Crippen molar-refractivity contribution in [1.29, 1.82) is 0 Å². The Morgan fingerprint density at radius 1 is 1.13 bits per heavy atom. The van der Waals surface area contributed by atoms with Crippen LogP contribution in [-0.2, 0) is 22.9 Å². The first kappa shape index (κ1) is 26.4. The fourth-order valence-corrected chi connectivity index (χ4v) is 5.51. The highest BCUT2D eigenvalue weighted by molar-refractivity contribution is 14.0. The second kappa shape index (κ2) is 11.3. The van der Waals surface area contributed by atoms with Crippen LogP contribution in [0.3, 0.4) is 0 Å². The van der Waals surface area contributed by atoms with E-state index in [1.54, 1.807) is 13.8 Å². The van der Waals surface area contributed by atoms with Crippen molar-refractivity contribution in [3.63, 3.8) is 0 Å². The maximum atomic E-state index is 12.3. The average Bonchev–Trinajstić information content (AvgIpc) is 2.70. The summed E-state index contributed by atoms with van der Waals surface area (Å²) in [4.78, 5) is 9.42. The van der Waals surface area contributed by atoms with Crippen LogP contribution in [0.1, 0.15) is 51.7 Å². The Bertz CT molecular complexity index is 832. The number of hydrogen-bond donors (Lipinski definition) is 1. The smallest absolute Gasteiger partial charge is 0.194 e. The number of sulfone groups is 1. The first-order valence-corrected chi connectivity index (χ1v) is 12.9. The van der Waals surface area contributed by atoms with Gasteiger partial charge in [0.05, 0.1) is 17.0 Å². The highest BCUT2D eigenvalue weighted by atomic mass is 127. The van der Waals surface area contributed by atoms with Crippen LogP contribution in [0.25, 0.3) is 0 Å². The molecule has 1 N–H and O–H groups in total. The zero-order valence-electron chi connectivity index (χ0n) is 19.4. The maximum Gasteiger partial charge on any atom is 0.194 e. The van der Waals surface area contributed by atoms with Crippen molar-refractivity contribution in [3.8, 4) is 0 Å². The standard InChI is InChI=1S/C23H38N4O2S.HI/c1-5-24-22(27-14-15-30(28,29)23(3,4)18-27)25-16-20-6-8-21(9-7-20)17-26-12-10-19(2)11-13-26;/h6-9,19H,5,10-18H2,1-4H3,(H,24,25);1H. The molecule has 3 rings (SSSR count). The molecule has 0 bridgehead atoms. The van der Waals surface area contributed by atoms with E-state index in [1.807, 2.05) is 6.92 Å². The van der Waals surface area contributed by atoms with E-state index in [4.69, 9.17) is 4.99 Å². The van der Waals surface area contributed by atoms with Gasteiger partial charge in [-0.05, 0) is 63.7 Å².